The molecule has 4 aliphatic rings. The van der Waals surface area contributed by atoms with E-state index in [1.165, 1.54) is 63.4 Å². The molecule has 0 aromatic rings. The number of hydrogen-bond acceptors (Lipinski definition) is 5. The molecular formula is C35H54O5. The Morgan fingerprint density at radius 1 is 1.05 bits per heavy atom. The molecule has 0 bridgehead atoms. The highest BCUT2D eigenvalue weighted by Crippen LogP contribution is 2.55. The highest BCUT2D eigenvalue weighted by molar-refractivity contribution is 5.71. The first-order chi connectivity index (χ1) is 19.2. The number of aliphatic hydroxyl groups is 2. The molecule has 4 rings (SSSR count). The maximum atomic E-state index is 12.8. The molecule has 5 nitrogen and oxygen atoms in total. The summed E-state index contributed by atoms with van der Waals surface area (Å²) in [4.78, 5) is 12.8. The summed E-state index contributed by atoms with van der Waals surface area (Å²) in [5.74, 6) is -1.53. The van der Waals surface area contributed by atoms with E-state index in [0.29, 0.717) is 11.5 Å². The van der Waals surface area contributed by atoms with Crippen LogP contribution in [0.5, 0.6) is 0 Å². The van der Waals surface area contributed by atoms with E-state index >= 15 is 0 Å². The first kappa shape index (κ1) is 31.3. The molecule has 0 radical (unpaired) electrons. The number of ether oxygens (including phenoxy) is 2. The maximum absolute atomic E-state index is 12.8. The summed E-state index contributed by atoms with van der Waals surface area (Å²) in [6.07, 6.45) is 24.4. The number of rotatable bonds is 6. The van der Waals surface area contributed by atoms with Crippen LogP contribution in [0.1, 0.15) is 129 Å². The second-order valence-corrected chi connectivity index (χ2v) is 13.1. The van der Waals surface area contributed by atoms with Crippen molar-refractivity contribution < 1.29 is 24.5 Å². The first-order valence-electron chi connectivity index (χ1n) is 16.3. The van der Waals surface area contributed by atoms with E-state index in [1.807, 2.05) is 6.08 Å². The first-order valence-corrected chi connectivity index (χ1v) is 16.3. The highest BCUT2D eigenvalue weighted by atomic mass is 16.6. The molecule has 5 heteroatoms. The lowest BCUT2D eigenvalue weighted by molar-refractivity contribution is -0.226. The minimum absolute atomic E-state index is 0.000922. The molecule has 0 saturated heterocycles. The molecule has 40 heavy (non-hydrogen) atoms. The minimum atomic E-state index is -1.62. The predicted octanol–water partition coefficient (Wildman–Crippen LogP) is 8.02. The van der Waals surface area contributed by atoms with E-state index < -0.39 is 17.9 Å². The van der Waals surface area contributed by atoms with Crippen LogP contribution in [0, 0.1) is 11.3 Å². The summed E-state index contributed by atoms with van der Waals surface area (Å²) in [6, 6.07) is 0. The number of hydrogen-bond donors (Lipinski definition) is 2. The van der Waals surface area contributed by atoms with E-state index in [-0.39, 0.29) is 31.0 Å². The van der Waals surface area contributed by atoms with Crippen LogP contribution in [0.25, 0.3) is 0 Å². The standard InChI is InChI=1S/C35H54O5/c1-4-29-20-21-31-27(15-14-22-34(29,31)3)18-19-28-23-35(38,24-32(36)26(28)2)39-25-33(37)40-30-16-12-10-8-6-5-7-9-11-13-17-30/h18-20,30-32,36,38H,2,4-17,21-25H2,1,3H3/t31-,32?,34+,35-/m0/s1. The van der Waals surface area contributed by atoms with Gasteiger partial charge in [-0.05, 0) is 80.3 Å². The SMILES string of the molecule is C=C1C(=CC=C2CCC[C@]3(C)C(CC)=CC[C@@H]23)C[C@](O)(OCC(=O)OC2CCCCCCCCCCC2)CC1O. The average molecular weight is 555 g/mol. The largest absolute Gasteiger partial charge is 0.461 e. The Balaban J connectivity index is 1.35. The summed E-state index contributed by atoms with van der Waals surface area (Å²) in [5, 5.41) is 22.0. The highest BCUT2D eigenvalue weighted by Gasteiger charge is 2.44. The van der Waals surface area contributed by atoms with Crippen molar-refractivity contribution in [3.8, 4) is 0 Å². The molecule has 0 aliphatic heterocycles. The van der Waals surface area contributed by atoms with Gasteiger partial charge in [-0.25, -0.2) is 4.79 Å². The van der Waals surface area contributed by atoms with Gasteiger partial charge in [-0.2, -0.15) is 0 Å². The number of allylic oxidation sites excluding steroid dienone is 5. The van der Waals surface area contributed by atoms with Gasteiger partial charge in [0.05, 0.1) is 6.10 Å². The molecule has 4 atom stereocenters. The van der Waals surface area contributed by atoms with Gasteiger partial charge in [0.15, 0.2) is 5.79 Å². The van der Waals surface area contributed by atoms with Crippen molar-refractivity contribution in [2.45, 2.75) is 147 Å². The second kappa shape index (κ2) is 14.5. The Morgan fingerprint density at radius 3 is 2.35 bits per heavy atom. The smallest absolute Gasteiger partial charge is 0.332 e. The predicted molar refractivity (Wildman–Crippen MR) is 161 cm³/mol. The molecule has 2 N–H and O–H groups in total. The normalized spacial score (nSPS) is 35.1. The second-order valence-electron chi connectivity index (χ2n) is 13.1. The van der Waals surface area contributed by atoms with Crippen molar-refractivity contribution >= 4 is 5.97 Å². The van der Waals surface area contributed by atoms with Crippen LogP contribution >= 0.6 is 0 Å². The van der Waals surface area contributed by atoms with Gasteiger partial charge in [0.25, 0.3) is 0 Å². The molecule has 0 spiro atoms. The fourth-order valence-electron chi connectivity index (χ4n) is 7.72. The maximum Gasteiger partial charge on any atom is 0.332 e. The number of carbonyl (C=O) groups is 1. The van der Waals surface area contributed by atoms with E-state index in [1.54, 1.807) is 5.57 Å². The van der Waals surface area contributed by atoms with Crippen LogP contribution in [0.3, 0.4) is 0 Å². The Labute approximate surface area is 242 Å². The van der Waals surface area contributed by atoms with Crippen LogP contribution < -0.4 is 0 Å². The molecule has 0 heterocycles. The lowest BCUT2D eigenvalue weighted by atomic mass is 9.64. The molecule has 0 aromatic heterocycles. The van der Waals surface area contributed by atoms with Crippen LogP contribution in [0.2, 0.25) is 0 Å². The fraction of sp³-hybridized carbons (Fsp3) is 0.743. The number of esters is 1. The zero-order chi connectivity index (χ0) is 28.6. The van der Waals surface area contributed by atoms with Crippen molar-refractivity contribution in [3.05, 3.63) is 47.1 Å². The van der Waals surface area contributed by atoms with Crippen LogP contribution in [-0.2, 0) is 14.3 Å². The average Bonchev–Trinajstić information content (AvgIpc) is 3.27. The van der Waals surface area contributed by atoms with Gasteiger partial charge < -0.3 is 19.7 Å². The third-order valence-corrected chi connectivity index (χ3v) is 10.2. The molecule has 3 fully saturated rings. The molecule has 1 unspecified atom stereocenters. The van der Waals surface area contributed by atoms with Gasteiger partial charge in [0, 0.05) is 12.8 Å². The lowest BCUT2D eigenvalue weighted by Gasteiger charge is -2.41. The third-order valence-electron chi connectivity index (χ3n) is 10.2. The van der Waals surface area contributed by atoms with Crippen molar-refractivity contribution in [1.29, 1.82) is 0 Å². The van der Waals surface area contributed by atoms with E-state index in [0.717, 1.165) is 50.5 Å². The molecule has 224 valence electrons. The fourth-order valence-corrected chi connectivity index (χ4v) is 7.72. The van der Waals surface area contributed by atoms with Gasteiger partial charge in [-0.1, -0.05) is 94.7 Å². The molecule has 4 aliphatic carbocycles. The van der Waals surface area contributed by atoms with Gasteiger partial charge in [0.1, 0.15) is 12.7 Å². The van der Waals surface area contributed by atoms with Crippen LogP contribution in [0.15, 0.2) is 47.1 Å². The number of aliphatic hydroxyl groups excluding tert-OH is 1. The lowest BCUT2D eigenvalue weighted by Crippen LogP contribution is -2.43. The zero-order valence-electron chi connectivity index (χ0n) is 25.2. The van der Waals surface area contributed by atoms with Crippen molar-refractivity contribution in [3.63, 3.8) is 0 Å². The van der Waals surface area contributed by atoms with Gasteiger partial charge in [-0.15, -0.1) is 0 Å². The Bertz CT molecular complexity index is 964. The molecular weight excluding hydrogens is 500 g/mol. The van der Waals surface area contributed by atoms with Gasteiger partial charge in [0.2, 0.25) is 0 Å². The summed E-state index contributed by atoms with van der Waals surface area (Å²) < 4.78 is 11.6. The molecule has 3 saturated carbocycles. The van der Waals surface area contributed by atoms with E-state index in [4.69, 9.17) is 9.47 Å². The summed E-state index contributed by atoms with van der Waals surface area (Å²) >= 11 is 0. The van der Waals surface area contributed by atoms with Crippen molar-refractivity contribution in [2.75, 3.05) is 6.61 Å². The molecule has 0 aromatic carbocycles. The quantitative estimate of drug-likeness (QED) is 0.198. The Morgan fingerprint density at radius 2 is 1.70 bits per heavy atom. The van der Waals surface area contributed by atoms with Gasteiger partial charge >= 0.3 is 5.97 Å². The van der Waals surface area contributed by atoms with E-state index in [9.17, 15) is 15.0 Å². The van der Waals surface area contributed by atoms with Crippen molar-refractivity contribution in [2.24, 2.45) is 11.3 Å². The van der Waals surface area contributed by atoms with Crippen molar-refractivity contribution in [1.82, 2.24) is 0 Å². The van der Waals surface area contributed by atoms with Gasteiger partial charge in [-0.3, -0.25) is 0 Å². The summed E-state index contributed by atoms with van der Waals surface area (Å²) in [5.41, 5.74) is 4.68. The minimum Gasteiger partial charge on any atom is -0.461 e. The number of fused-ring (bicyclic) bond motifs is 1. The van der Waals surface area contributed by atoms with E-state index in [2.05, 4.69) is 32.6 Å². The number of carbonyl (C=O) groups excluding carboxylic acids is 1. The third kappa shape index (κ3) is 7.98. The Kier molecular flexibility index (Phi) is 11.3. The molecule has 0 amide bonds. The zero-order valence-corrected chi connectivity index (χ0v) is 25.2. The van der Waals surface area contributed by atoms with Crippen LogP contribution in [0.4, 0.5) is 0 Å². The summed E-state index contributed by atoms with van der Waals surface area (Å²) in [6.45, 7) is 8.47. The Hall–Kier alpha value is -1.69. The summed E-state index contributed by atoms with van der Waals surface area (Å²) in [7, 11) is 0. The monoisotopic (exact) mass is 554 g/mol. The topological polar surface area (TPSA) is 76.0 Å². The van der Waals surface area contributed by atoms with Crippen LogP contribution in [-0.4, -0.2) is 40.8 Å².